The number of unbranched alkanes of at least 4 members (excludes halogenated alkanes) is 2. The number of nitrogens with one attached hydrogen (secondary N) is 2. The van der Waals surface area contributed by atoms with Crippen LogP contribution in [0.2, 0.25) is 0 Å². The number of imidazole rings is 1. The number of hydrogen-bond acceptors (Lipinski definition) is 5. The molecule has 9 heteroatoms. The van der Waals surface area contributed by atoms with Crippen molar-refractivity contribution in [2.45, 2.75) is 72.3 Å². The number of carbonyl (C=O) groups excluding carboxylic acids is 1. The summed E-state index contributed by atoms with van der Waals surface area (Å²) in [5, 5.41) is 6.07. The lowest BCUT2D eigenvalue weighted by atomic mass is 10.1. The van der Waals surface area contributed by atoms with Crippen molar-refractivity contribution in [1.82, 2.24) is 29.7 Å². The van der Waals surface area contributed by atoms with Crippen LogP contribution < -0.4 is 10.6 Å². The van der Waals surface area contributed by atoms with E-state index in [-0.39, 0.29) is 17.9 Å². The molecule has 5 rings (SSSR count). The molecule has 0 saturated carbocycles. The Morgan fingerprint density at radius 3 is 2.51 bits per heavy atom. The summed E-state index contributed by atoms with van der Waals surface area (Å²) in [7, 11) is 1.64. The van der Waals surface area contributed by atoms with Gasteiger partial charge in [-0.2, -0.15) is 0 Å². The average molecular weight is 536 g/mol. The van der Waals surface area contributed by atoms with Gasteiger partial charge in [0.25, 0.3) is 0 Å². The van der Waals surface area contributed by atoms with Gasteiger partial charge in [0.2, 0.25) is 5.95 Å². The summed E-state index contributed by atoms with van der Waals surface area (Å²) in [6.07, 6.45) is 12.4. The first kappa shape index (κ1) is 29.8. The van der Waals surface area contributed by atoms with Crippen LogP contribution in [0.3, 0.4) is 0 Å². The zero-order chi connectivity index (χ0) is 28.2. The van der Waals surface area contributed by atoms with Crippen molar-refractivity contribution in [3.8, 4) is 22.6 Å². The predicted molar refractivity (Wildman–Crippen MR) is 157 cm³/mol. The highest BCUT2D eigenvalue weighted by Gasteiger charge is 2.25. The Morgan fingerprint density at radius 1 is 1.10 bits per heavy atom. The van der Waals surface area contributed by atoms with E-state index < -0.39 is 0 Å². The third-order valence-electron chi connectivity index (χ3n) is 6.52. The number of amides is 2. The third kappa shape index (κ3) is 7.65. The van der Waals surface area contributed by atoms with E-state index in [1.54, 1.807) is 30.3 Å². The summed E-state index contributed by atoms with van der Waals surface area (Å²) in [5.74, 6) is 1.14. The molecular formula is C30H42FN7O. The maximum absolute atomic E-state index is 13.5. The molecule has 0 aliphatic carbocycles. The van der Waals surface area contributed by atoms with E-state index in [2.05, 4.69) is 35.5 Å². The summed E-state index contributed by atoms with van der Waals surface area (Å²) >= 11 is 0. The van der Waals surface area contributed by atoms with Gasteiger partial charge in [0.05, 0.1) is 17.1 Å². The summed E-state index contributed by atoms with van der Waals surface area (Å²) in [6, 6.07) is 8.20. The molecule has 2 N–H and O–H groups in total. The Bertz CT molecular complexity index is 1220. The van der Waals surface area contributed by atoms with Crippen LogP contribution in [0, 0.1) is 5.82 Å². The maximum Gasteiger partial charge on any atom is 0.317 e. The lowest BCUT2D eigenvalue weighted by Gasteiger charge is -2.32. The smallest absolute Gasteiger partial charge is 0.317 e. The van der Waals surface area contributed by atoms with Gasteiger partial charge in [-0.05, 0) is 43.2 Å². The number of anilines is 1. The second-order valence-electron chi connectivity index (χ2n) is 9.29. The van der Waals surface area contributed by atoms with E-state index in [1.165, 1.54) is 31.4 Å². The fourth-order valence-electron chi connectivity index (χ4n) is 4.63. The van der Waals surface area contributed by atoms with E-state index in [1.807, 2.05) is 30.7 Å². The second-order valence-corrected chi connectivity index (χ2v) is 9.29. The Kier molecular flexibility index (Phi) is 11.5. The number of piperidine rings is 1. The van der Waals surface area contributed by atoms with Crippen LogP contribution in [0.5, 0.6) is 0 Å². The summed E-state index contributed by atoms with van der Waals surface area (Å²) in [5.41, 5.74) is 3.17. The first-order valence-corrected chi connectivity index (χ1v) is 14.1. The highest BCUT2D eigenvalue weighted by atomic mass is 19.1. The number of fused-ring (bicyclic) bond motifs is 1. The average Bonchev–Trinajstić information content (AvgIpc) is 3.57. The van der Waals surface area contributed by atoms with Gasteiger partial charge in [-0.15, -0.1) is 0 Å². The largest absolute Gasteiger partial charge is 0.350 e. The van der Waals surface area contributed by atoms with Gasteiger partial charge in [0.1, 0.15) is 11.6 Å². The summed E-state index contributed by atoms with van der Waals surface area (Å²) < 4.78 is 15.5. The zero-order valence-corrected chi connectivity index (χ0v) is 23.9. The van der Waals surface area contributed by atoms with Crippen molar-refractivity contribution in [2.24, 2.45) is 0 Å². The lowest BCUT2D eigenvalue weighted by Crippen LogP contribution is -2.48. The molecular weight excluding hydrogens is 493 g/mol. The minimum absolute atomic E-state index is 0.0725. The number of allylic oxidation sites excluding steroid dienone is 1. The van der Waals surface area contributed by atoms with Gasteiger partial charge in [-0.1, -0.05) is 53.0 Å². The van der Waals surface area contributed by atoms with Gasteiger partial charge in [0.15, 0.2) is 0 Å². The molecule has 0 radical (unpaired) electrons. The molecule has 1 fully saturated rings. The predicted octanol–water partition coefficient (Wildman–Crippen LogP) is 6.61. The monoisotopic (exact) mass is 535 g/mol. The van der Waals surface area contributed by atoms with Crippen molar-refractivity contribution < 1.29 is 9.18 Å². The Hall–Kier alpha value is -3.75. The van der Waals surface area contributed by atoms with E-state index in [9.17, 15) is 9.18 Å². The fraction of sp³-hybridized carbons (Fsp3) is 0.467. The number of benzene rings is 1. The molecule has 0 bridgehead atoms. The number of hydrogen-bond donors (Lipinski definition) is 2. The van der Waals surface area contributed by atoms with Gasteiger partial charge < -0.3 is 20.1 Å². The Morgan fingerprint density at radius 2 is 1.85 bits per heavy atom. The molecule has 2 aromatic heterocycles. The van der Waals surface area contributed by atoms with Gasteiger partial charge in [-0.3, -0.25) is 0 Å². The number of likely N-dealkylation sites (tertiary alicyclic amines) is 1. The molecule has 210 valence electrons. The van der Waals surface area contributed by atoms with Crippen LogP contribution in [-0.4, -0.2) is 56.6 Å². The van der Waals surface area contributed by atoms with Crippen LogP contribution in [0.4, 0.5) is 15.1 Å². The molecule has 1 saturated heterocycles. The maximum atomic E-state index is 13.5. The van der Waals surface area contributed by atoms with E-state index in [0.717, 1.165) is 54.3 Å². The molecule has 39 heavy (non-hydrogen) atoms. The van der Waals surface area contributed by atoms with Crippen molar-refractivity contribution in [1.29, 1.82) is 0 Å². The third-order valence-corrected chi connectivity index (χ3v) is 6.52. The number of carbonyl (C=O) groups is 1. The van der Waals surface area contributed by atoms with Crippen LogP contribution >= 0.6 is 0 Å². The molecule has 8 nitrogen and oxygen atoms in total. The van der Waals surface area contributed by atoms with Crippen LogP contribution in [0.15, 0.2) is 42.6 Å². The highest BCUT2D eigenvalue weighted by Crippen LogP contribution is 2.34. The molecule has 4 heterocycles. The van der Waals surface area contributed by atoms with Crippen molar-refractivity contribution in [3.63, 3.8) is 0 Å². The van der Waals surface area contributed by atoms with E-state index in [4.69, 9.17) is 9.97 Å². The van der Waals surface area contributed by atoms with Crippen LogP contribution in [0.1, 0.15) is 65.6 Å². The first-order chi connectivity index (χ1) is 19.0. The topological polar surface area (TPSA) is 88.0 Å². The highest BCUT2D eigenvalue weighted by molar-refractivity contribution is 5.80. The standard InChI is InChI=1S/C23H24FN7O.C5H12.C2H6/c1-25-23(32)30-12-2-4-17(14-30)27-22-26-11-10-18(28-22)21-20(15-6-8-16(24)9-7-15)29-19-5-3-13-31(19)21;1-3-5-4-2;1-2/h3,6-11,13,17H,2,4-5,12,14H2,1H3,(H,25,32)(H,26,27,28);3-5H2,1-2H3;1-2H3. The molecule has 3 aromatic rings. The normalized spacial score (nSPS) is 15.4. The fourth-order valence-corrected chi connectivity index (χ4v) is 4.63. The van der Waals surface area contributed by atoms with Gasteiger partial charge >= 0.3 is 6.03 Å². The molecule has 2 amide bonds. The molecule has 1 aromatic carbocycles. The molecule has 2 aliphatic rings. The minimum atomic E-state index is -0.284. The number of nitrogens with zero attached hydrogens (tertiary/aromatic N) is 5. The SMILES string of the molecule is CC.CCCCC.CNC(=O)N1CCCC(Nc2nccc(-c3c(-c4ccc(F)cc4)nc4n3C=CC4)n2)C1. The molecule has 0 spiro atoms. The van der Waals surface area contributed by atoms with Crippen LogP contribution in [-0.2, 0) is 6.42 Å². The molecule has 1 unspecified atom stereocenters. The lowest BCUT2D eigenvalue weighted by molar-refractivity contribution is 0.184. The van der Waals surface area contributed by atoms with Crippen molar-refractivity contribution >= 4 is 18.2 Å². The van der Waals surface area contributed by atoms with E-state index in [0.29, 0.717) is 12.5 Å². The minimum Gasteiger partial charge on any atom is -0.350 e. The number of halogens is 1. The summed E-state index contributed by atoms with van der Waals surface area (Å²) in [6.45, 7) is 9.76. The molecule has 1 atom stereocenters. The van der Waals surface area contributed by atoms with Gasteiger partial charge in [0, 0.05) is 50.6 Å². The van der Waals surface area contributed by atoms with Gasteiger partial charge in [-0.25, -0.2) is 24.1 Å². The number of rotatable bonds is 6. The number of aromatic nitrogens is 4. The molecule has 2 aliphatic heterocycles. The zero-order valence-electron chi connectivity index (χ0n) is 23.9. The Balaban J connectivity index is 0.000000542. The van der Waals surface area contributed by atoms with Crippen molar-refractivity contribution in [3.05, 3.63) is 54.2 Å². The first-order valence-electron chi connectivity index (χ1n) is 14.1. The quantitative estimate of drug-likeness (QED) is 0.371. The van der Waals surface area contributed by atoms with Crippen LogP contribution in [0.25, 0.3) is 28.8 Å². The Labute approximate surface area is 231 Å². The van der Waals surface area contributed by atoms with Crippen molar-refractivity contribution in [2.75, 3.05) is 25.5 Å². The summed E-state index contributed by atoms with van der Waals surface area (Å²) in [4.78, 5) is 27.8. The van der Waals surface area contributed by atoms with E-state index >= 15 is 0 Å². The second kappa shape index (κ2) is 15.0. The number of urea groups is 1.